The molecule has 0 aromatic heterocycles. The summed E-state index contributed by atoms with van der Waals surface area (Å²) in [7, 11) is 0. The molecule has 0 atom stereocenters. The van der Waals surface area contributed by atoms with Crippen LogP contribution in [0.15, 0.2) is 30.5 Å². The lowest BCUT2D eigenvalue weighted by Gasteiger charge is -2.04. The Morgan fingerprint density at radius 3 is 2.64 bits per heavy atom. The maximum absolute atomic E-state index is 3.27. The molecule has 0 radical (unpaired) electrons. The first kappa shape index (κ1) is 10.8. The number of rotatable bonds is 4. The fourth-order valence-electron chi connectivity index (χ4n) is 1.24. The lowest BCUT2D eigenvalue weighted by Crippen LogP contribution is -1.89. The van der Waals surface area contributed by atoms with Crippen molar-refractivity contribution < 1.29 is 0 Å². The van der Waals surface area contributed by atoms with Gasteiger partial charge in [0.1, 0.15) is 0 Å². The zero-order chi connectivity index (χ0) is 10.4. The summed E-state index contributed by atoms with van der Waals surface area (Å²) in [6.45, 7) is 6.45. The van der Waals surface area contributed by atoms with Crippen molar-refractivity contribution in [3.05, 3.63) is 41.6 Å². The summed E-state index contributed by atoms with van der Waals surface area (Å²) < 4.78 is 0. The standard InChI is InChI=1S/C13H19N/c1-4-5-6-9-14-13-8-7-11(2)12(3)10-13/h6-10,14H,4-5H2,1-3H3. The lowest BCUT2D eigenvalue weighted by molar-refractivity contribution is 0.957. The Labute approximate surface area is 86.8 Å². The molecule has 0 heterocycles. The molecule has 0 saturated heterocycles. The SMILES string of the molecule is CCCC=CNc1ccc(C)c(C)c1. The van der Waals surface area contributed by atoms with Crippen LogP contribution < -0.4 is 5.32 Å². The molecule has 1 aromatic rings. The Morgan fingerprint density at radius 2 is 2.00 bits per heavy atom. The van der Waals surface area contributed by atoms with Crippen molar-refractivity contribution in [1.82, 2.24) is 0 Å². The average Bonchev–Trinajstić information content (AvgIpc) is 2.18. The summed E-state index contributed by atoms with van der Waals surface area (Å²) >= 11 is 0. The molecule has 0 aliphatic carbocycles. The summed E-state index contributed by atoms with van der Waals surface area (Å²) in [5.74, 6) is 0. The van der Waals surface area contributed by atoms with E-state index in [4.69, 9.17) is 0 Å². The Bertz CT molecular complexity index is 313. The molecule has 0 bridgehead atoms. The van der Waals surface area contributed by atoms with Crippen LogP contribution in [0.4, 0.5) is 5.69 Å². The van der Waals surface area contributed by atoms with Gasteiger partial charge in [-0.3, -0.25) is 0 Å². The van der Waals surface area contributed by atoms with E-state index in [1.807, 2.05) is 6.20 Å². The number of nitrogens with one attached hydrogen (secondary N) is 1. The molecule has 14 heavy (non-hydrogen) atoms. The minimum absolute atomic E-state index is 1.14. The molecule has 1 heteroatoms. The van der Waals surface area contributed by atoms with E-state index in [0.717, 1.165) is 6.42 Å². The van der Waals surface area contributed by atoms with E-state index in [1.54, 1.807) is 0 Å². The van der Waals surface area contributed by atoms with Gasteiger partial charge in [0.15, 0.2) is 0 Å². The summed E-state index contributed by atoms with van der Waals surface area (Å²) in [4.78, 5) is 0. The minimum Gasteiger partial charge on any atom is -0.362 e. The summed E-state index contributed by atoms with van der Waals surface area (Å²) in [6.07, 6.45) is 6.52. The van der Waals surface area contributed by atoms with Crippen LogP contribution >= 0.6 is 0 Å². The molecule has 76 valence electrons. The van der Waals surface area contributed by atoms with Crippen molar-refractivity contribution in [3.8, 4) is 0 Å². The first-order chi connectivity index (χ1) is 6.74. The molecular formula is C13H19N. The van der Waals surface area contributed by atoms with Gasteiger partial charge >= 0.3 is 0 Å². The van der Waals surface area contributed by atoms with Gasteiger partial charge in [-0.05, 0) is 49.7 Å². The highest BCUT2D eigenvalue weighted by Crippen LogP contribution is 2.13. The van der Waals surface area contributed by atoms with E-state index in [9.17, 15) is 0 Å². The van der Waals surface area contributed by atoms with Crippen LogP contribution in [0.3, 0.4) is 0 Å². The Morgan fingerprint density at radius 1 is 1.21 bits per heavy atom. The fourth-order valence-corrected chi connectivity index (χ4v) is 1.24. The van der Waals surface area contributed by atoms with Crippen molar-refractivity contribution in [2.24, 2.45) is 0 Å². The topological polar surface area (TPSA) is 12.0 Å². The molecular weight excluding hydrogens is 170 g/mol. The van der Waals surface area contributed by atoms with E-state index >= 15 is 0 Å². The highest BCUT2D eigenvalue weighted by Gasteiger charge is 1.92. The molecule has 1 rings (SSSR count). The van der Waals surface area contributed by atoms with Gasteiger partial charge in [-0.2, -0.15) is 0 Å². The molecule has 0 aliphatic heterocycles. The third-order valence-corrected chi connectivity index (χ3v) is 2.33. The van der Waals surface area contributed by atoms with Crippen molar-refractivity contribution >= 4 is 5.69 Å². The molecule has 0 fully saturated rings. The maximum atomic E-state index is 3.27. The Hall–Kier alpha value is -1.24. The minimum atomic E-state index is 1.14. The van der Waals surface area contributed by atoms with Crippen molar-refractivity contribution in [1.29, 1.82) is 0 Å². The Kier molecular flexibility index (Phi) is 4.24. The van der Waals surface area contributed by atoms with Crippen LogP contribution in [0.5, 0.6) is 0 Å². The molecule has 0 unspecified atom stereocenters. The molecule has 0 spiro atoms. The average molecular weight is 189 g/mol. The van der Waals surface area contributed by atoms with Crippen LogP contribution in [0.25, 0.3) is 0 Å². The third-order valence-electron chi connectivity index (χ3n) is 2.33. The molecule has 1 N–H and O–H groups in total. The van der Waals surface area contributed by atoms with Gasteiger partial charge in [-0.15, -0.1) is 0 Å². The van der Waals surface area contributed by atoms with Crippen LogP contribution in [0, 0.1) is 13.8 Å². The van der Waals surface area contributed by atoms with Gasteiger partial charge in [0, 0.05) is 5.69 Å². The molecule has 0 amide bonds. The van der Waals surface area contributed by atoms with Gasteiger partial charge < -0.3 is 5.32 Å². The maximum Gasteiger partial charge on any atom is 0.0382 e. The van der Waals surface area contributed by atoms with Crippen LogP contribution in [-0.2, 0) is 0 Å². The van der Waals surface area contributed by atoms with E-state index in [0.29, 0.717) is 0 Å². The quantitative estimate of drug-likeness (QED) is 0.754. The smallest absolute Gasteiger partial charge is 0.0382 e. The van der Waals surface area contributed by atoms with Crippen molar-refractivity contribution in [2.75, 3.05) is 5.32 Å². The third kappa shape index (κ3) is 3.25. The van der Waals surface area contributed by atoms with Crippen molar-refractivity contribution in [2.45, 2.75) is 33.6 Å². The first-order valence-corrected chi connectivity index (χ1v) is 5.23. The molecule has 1 nitrogen and oxygen atoms in total. The summed E-state index contributed by atoms with van der Waals surface area (Å²) in [5, 5.41) is 3.27. The van der Waals surface area contributed by atoms with Gasteiger partial charge in [0.2, 0.25) is 0 Å². The number of allylic oxidation sites excluding steroid dienone is 1. The second-order valence-corrected chi connectivity index (χ2v) is 3.63. The first-order valence-electron chi connectivity index (χ1n) is 5.23. The van der Waals surface area contributed by atoms with Gasteiger partial charge in [-0.1, -0.05) is 25.5 Å². The second-order valence-electron chi connectivity index (χ2n) is 3.63. The Balaban J connectivity index is 2.55. The molecule has 1 aromatic carbocycles. The van der Waals surface area contributed by atoms with Crippen molar-refractivity contribution in [3.63, 3.8) is 0 Å². The summed E-state index contributed by atoms with van der Waals surface area (Å²) in [6, 6.07) is 6.43. The van der Waals surface area contributed by atoms with E-state index in [-0.39, 0.29) is 0 Å². The monoisotopic (exact) mass is 189 g/mol. The number of anilines is 1. The molecule has 0 saturated carbocycles. The highest BCUT2D eigenvalue weighted by atomic mass is 14.8. The predicted molar refractivity (Wildman–Crippen MR) is 63.6 cm³/mol. The van der Waals surface area contributed by atoms with Crippen LogP contribution in [0.1, 0.15) is 30.9 Å². The number of benzene rings is 1. The zero-order valence-electron chi connectivity index (χ0n) is 9.30. The fraction of sp³-hybridized carbons (Fsp3) is 0.385. The van der Waals surface area contributed by atoms with E-state index in [2.05, 4.69) is 50.4 Å². The summed E-state index contributed by atoms with van der Waals surface area (Å²) in [5.41, 5.74) is 3.84. The predicted octanol–water partition coefficient (Wildman–Crippen LogP) is 4.03. The van der Waals surface area contributed by atoms with Crippen LogP contribution in [0.2, 0.25) is 0 Å². The number of hydrogen-bond donors (Lipinski definition) is 1. The van der Waals surface area contributed by atoms with E-state index < -0.39 is 0 Å². The normalized spacial score (nSPS) is 10.8. The highest BCUT2D eigenvalue weighted by molar-refractivity contribution is 5.49. The number of aryl methyl sites for hydroxylation is 2. The largest absolute Gasteiger partial charge is 0.362 e. The number of unbranched alkanes of at least 4 members (excludes halogenated alkanes) is 1. The van der Waals surface area contributed by atoms with Gasteiger partial charge in [0.25, 0.3) is 0 Å². The van der Waals surface area contributed by atoms with E-state index in [1.165, 1.54) is 23.2 Å². The second kappa shape index (κ2) is 5.48. The lowest BCUT2D eigenvalue weighted by atomic mass is 10.1. The molecule has 0 aliphatic rings. The number of hydrogen-bond acceptors (Lipinski definition) is 1. The van der Waals surface area contributed by atoms with Crippen LogP contribution in [-0.4, -0.2) is 0 Å². The van der Waals surface area contributed by atoms with Gasteiger partial charge in [-0.25, -0.2) is 0 Å². The van der Waals surface area contributed by atoms with Gasteiger partial charge in [0.05, 0.1) is 0 Å². The zero-order valence-corrected chi connectivity index (χ0v) is 9.30.